The number of phenolic OH excluding ortho intramolecular Hbond substituents is 1. The third-order valence-electron chi connectivity index (χ3n) is 4.04. The molecule has 1 aliphatic rings. The molecule has 0 aromatic heterocycles. The Bertz CT molecular complexity index is 407. The first-order chi connectivity index (χ1) is 8.58. The van der Waals surface area contributed by atoms with E-state index in [-0.39, 0.29) is 6.04 Å². The molecule has 0 saturated carbocycles. The van der Waals surface area contributed by atoms with E-state index in [0.29, 0.717) is 10.8 Å². The topological polar surface area (TPSA) is 23.5 Å². The fourth-order valence-corrected chi connectivity index (χ4v) is 2.91. The van der Waals surface area contributed by atoms with E-state index >= 15 is 0 Å². The van der Waals surface area contributed by atoms with Gasteiger partial charge in [-0.3, -0.25) is 4.90 Å². The molecule has 2 rings (SSSR count). The van der Waals surface area contributed by atoms with Crippen LogP contribution in [0.2, 0.25) is 5.02 Å². The monoisotopic (exact) mass is 267 g/mol. The summed E-state index contributed by atoms with van der Waals surface area (Å²) in [5.41, 5.74) is 0.942. The van der Waals surface area contributed by atoms with Crippen LogP contribution in [0.5, 0.6) is 5.75 Å². The summed E-state index contributed by atoms with van der Waals surface area (Å²) in [7, 11) is 0. The minimum atomic E-state index is 0.231. The normalized spacial score (nSPS) is 23.6. The van der Waals surface area contributed by atoms with Gasteiger partial charge in [-0.05, 0) is 63.4 Å². The Morgan fingerprint density at radius 2 is 2.11 bits per heavy atom. The second-order valence-electron chi connectivity index (χ2n) is 5.45. The van der Waals surface area contributed by atoms with Crippen LogP contribution in [0.1, 0.15) is 44.7 Å². The maximum Gasteiger partial charge on any atom is 0.120 e. The van der Waals surface area contributed by atoms with Crippen molar-refractivity contribution in [2.75, 3.05) is 13.1 Å². The van der Waals surface area contributed by atoms with Crippen LogP contribution < -0.4 is 0 Å². The van der Waals surface area contributed by atoms with Crippen LogP contribution in [-0.4, -0.2) is 23.1 Å². The molecule has 0 spiro atoms. The second-order valence-corrected chi connectivity index (χ2v) is 5.89. The fraction of sp³-hybridized carbons (Fsp3) is 0.600. The number of likely N-dealkylation sites (tertiary alicyclic amines) is 1. The molecule has 18 heavy (non-hydrogen) atoms. The van der Waals surface area contributed by atoms with E-state index in [4.69, 9.17) is 11.6 Å². The predicted molar refractivity (Wildman–Crippen MR) is 76.1 cm³/mol. The molecule has 1 heterocycles. The summed E-state index contributed by atoms with van der Waals surface area (Å²) < 4.78 is 0. The van der Waals surface area contributed by atoms with Crippen LogP contribution in [0, 0.1) is 5.92 Å². The van der Waals surface area contributed by atoms with Crippen LogP contribution in [0.15, 0.2) is 18.2 Å². The van der Waals surface area contributed by atoms with Gasteiger partial charge in [-0.2, -0.15) is 0 Å². The first-order valence-corrected chi connectivity index (χ1v) is 7.18. The third kappa shape index (κ3) is 3.18. The number of benzene rings is 1. The summed E-state index contributed by atoms with van der Waals surface area (Å²) in [4.78, 5) is 2.45. The number of rotatable bonds is 2. The molecular formula is C15H22ClNO. The first-order valence-electron chi connectivity index (χ1n) is 6.80. The highest BCUT2D eigenvalue weighted by atomic mass is 35.5. The third-order valence-corrected chi connectivity index (χ3v) is 4.27. The van der Waals surface area contributed by atoms with Crippen molar-refractivity contribution in [3.8, 4) is 5.75 Å². The lowest BCUT2D eigenvalue weighted by Crippen LogP contribution is -2.28. The highest BCUT2D eigenvalue weighted by Crippen LogP contribution is 2.32. The Labute approximate surface area is 115 Å². The lowest BCUT2D eigenvalue weighted by Gasteiger charge is -2.28. The van der Waals surface area contributed by atoms with Gasteiger partial charge in [0.2, 0.25) is 0 Å². The van der Waals surface area contributed by atoms with Crippen LogP contribution in [0.25, 0.3) is 0 Å². The minimum Gasteiger partial charge on any atom is -0.508 e. The lowest BCUT2D eigenvalue weighted by atomic mass is 10.0. The molecule has 2 nitrogen and oxygen atoms in total. The standard InChI is InChI=1S/C15H22ClNO/c1-11-4-3-8-17(9-7-11)12(2)14-10-13(16)5-6-15(14)18/h5-6,10-12,18H,3-4,7-9H2,1-2H3. The van der Waals surface area contributed by atoms with Crippen LogP contribution >= 0.6 is 11.6 Å². The molecule has 0 aliphatic carbocycles. The Balaban J connectivity index is 2.14. The molecule has 1 fully saturated rings. The van der Waals surface area contributed by atoms with Crippen molar-refractivity contribution < 1.29 is 5.11 Å². The molecule has 100 valence electrons. The van der Waals surface area contributed by atoms with Gasteiger partial charge >= 0.3 is 0 Å². The summed E-state index contributed by atoms with van der Waals surface area (Å²) in [6.07, 6.45) is 3.79. The van der Waals surface area contributed by atoms with Crippen molar-refractivity contribution in [1.29, 1.82) is 0 Å². The number of hydrogen-bond acceptors (Lipinski definition) is 2. The van der Waals surface area contributed by atoms with Gasteiger partial charge in [0.15, 0.2) is 0 Å². The first kappa shape index (κ1) is 13.7. The number of nitrogens with zero attached hydrogens (tertiary/aromatic N) is 1. The van der Waals surface area contributed by atoms with E-state index in [1.54, 1.807) is 12.1 Å². The highest BCUT2D eigenvalue weighted by molar-refractivity contribution is 6.30. The maximum absolute atomic E-state index is 9.97. The van der Waals surface area contributed by atoms with E-state index < -0.39 is 0 Å². The Morgan fingerprint density at radius 1 is 1.33 bits per heavy atom. The zero-order valence-corrected chi connectivity index (χ0v) is 12.0. The van der Waals surface area contributed by atoms with Gasteiger partial charge in [-0.15, -0.1) is 0 Å². The molecule has 1 aromatic carbocycles. The van der Waals surface area contributed by atoms with Crippen molar-refractivity contribution in [3.63, 3.8) is 0 Å². The molecule has 1 aliphatic heterocycles. The van der Waals surface area contributed by atoms with Gasteiger partial charge < -0.3 is 5.11 Å². The van der Waals surface area contributed by atoms with Crippen molar-refractivity contribution in [2.24, 2.45) is 5.92 Å². The molecule has 0 bridgehead atoms. The molecule has 0 amide bonds. The highest BCUT2D eigenvalue weighted by Gasteiger charge is 2.21. The van der Waals surface area contributed by atoms with E-state index in [2.05, 4.69) is 18.7 Å². The van der Waals surface area contributed by atoms with Gasteiger partial charge in [-0.25, -0.2) is 0 Å². The Hall–Kier alpha value is -0.730. The van der Waals surface area contributed by atoms with Gasteiger partial charge in [0, 0.05) is 16.6 Å². The number of hydrogen-bond donors (Lipinski definition) is 1. The molecule has 3 heteroatoms. The molecular weight excluding hydrogens is 246 g/mol. The Morgan fingerprint density at radius 3 is 2.89 bits per heavy atom. The van der Waals surface area contributed by atoms with E-state index in [1.165, 1.54) is 19.3 Å². The van der Waals surface area contributed by atoms with E-state index in [9.17, 15) is 5.11 Å². The fourth-order valence-electron chi connectivity index (χ4n) is 2.73. The van der Waals surface area contributed by atoms with Crippen LogP contribution in [0.3, 0.4) is 0 Å². The largest absolute Gasteiger partial charge is 0.508 e. The second kappa shape index (κ2) is 5.94. The van der Waals surface area contributed by atoms with Gasteiger partial charge in [0.25, 0.3) is 0 Å². The minimum absolute atomic E-state index is 0.231. The zero-order valence-electron chi connectivity index (χ0n) is 11.2. The average Bonchev–Trinajstić information content (AvgIpc) is 2.56. The summed E-state index contributed by atoms with van der Waals surface area (Å²) in [6.45, 7) is 6.69. The maximum atomic E-state index is 9.97. The predicted octanol–water partition coefficient (Wildman–Crippen LogP) is 4.23. The zero-order chi connectivity index (χ0) is 13.1. The molecule has 0 radical (unpaired) electrons. The smallest absolute Gasteiger partial charge is 0.120 e. The van der Waals surface area contributed by atoms with Crippen molar-refractivity contribution >= 4 is 11.6 Å². The summed E-state index contributed by atoms with van der Waals surface area (Å²) in [6, 6.07) is 5.54. The molecule has 1 N–H and O–H groups in total. The molecule has 1 aromatic rings. The summed E-state index contributed by atoms with van der Waals surface area (Å²) in [5, 5.41) is 10.7. The molecule has 2 atom stereocenters. The van der Waals surface area contributed by atoms with Gasteiger partial charge in [0.05, 0.1) is 0 Å². The quantitative estimate of drug-likeness (QED) is 0.867. The van der Waals surface area contributed by atoms with Crippen molar-refractivity contribution in [2.45, 2.75) is 39.2 Å². The number of aromatic hydroxyl groups is 1. The molecule has 2 unspecified atom stereocenters. The van der Waals surface area contributed by atoms with Crippen LogP contribution in [-0.2, 0) is 0 Å². The Kier molecular flexibility index (Phi) is 4.52. The average molecular weight is 268 g/mol. The lowest BCUT2D eigenvalue weighted by molar-refractivity contribution is 0.213. The SMILES string of the molecule is CC1CCCN(C(C)c2cc(Cl)ccc2O)CC1. The van der Waals surface area contributed by atoms with Crippen molar-refractivity contribution in [3.05, 3.63) is 28.8 Å². The van der Waals surface area contributed by atoms with Gasteiger partial charge in [0.1, 0.15) is 5.75 Å². The van der Waals surface area contributed by atoms with Gasteiger partial charge in [-0.1, -0.05) is 18.5 Å². The van der Waals surface area contributed by atoms with E-state index in [0.717, 1.165) is 24.6 Å². The summed E-state index contributed by atoms with van der Waals surface area (Å²) in [5.74, 6) is 1.17. The molecule has 1 saturated heterocycles. The van der Waals surface area contributed by atoms with Crippen LogP contribution in [0.4, 0.5) is 0 Å². The number of halogens is 1. The summed E-state index contributed by atoms with van der Waals surface area (Å²) >= 11 is 6.03. The van der Waals surface area contributed by atoms with Crippen molar-refractivity contribution in [1.82, 2.24) is 4.90 Å². The number of phenols is 1. The van der Waals surface area contributed by atoms with E-state index in [1.807, 2.05) is 6.07 Å².